The lowest BCUT2D eigenvalue weighted by Crippen LogP contribution is -2.27. The molecule has 1 aromatic rings. The quantitative estimate of drug-likeness (QED) is 0.667. The highest BCUT2D eigenvalue weighted by atomic mass is 19.2. The van der Waals surface area contributed by atoms with Crippen molar-refractivity contribution < 1.29 is 18.5 Å². The average Bonchev–Trinajstić information content (AvgIpc) is 3.10. The molecular weight excluding hydrogens is 270 g/mol. The molecule has 0 spiro atoms. The second-order valence-electron chi connectivity index (χ2n) is 4.90. The number of nitro groups is 1. The molecule has 5 nitrogen and oxygen atoms in total. The Kier molecular flexibility index (Phi) is 3.96. The summed E-state index contributed by atoms with van der Waals surface area (Å²) < 4.78 is 26.2. The van der Waals surface area contributed by atoms with E-state index >= 15 is 0 Å². The molecule has 2 atom stereocenters. The summed E-state index contributed by atoms with van der Waals surface area (Å²) in [4.78, 5) is 21.8. The van der Waals surface area contributed by atoms with E-state index in [2.05, 4.69) is 5.32 Å². The van der Waals surface area contributed by atoms with Gasteiger partial charge < -0.3 is 5.32 Å². The molecule has 1 fully saturated rings. The fourth-order valence-electron chi connectivity index (χ4n) is 2.23. The molecule has 7 heteroatoms. The minimum absolute atomic E-state index is 0.0323. The van der Waals surface area contributed by atoms with Crippen LogP contribution in [0.25, 0.3) is 0 Å². The van der Waals surface area contributed by atoms with Gasteiger partial charge in [0.2, 0.25) is 0 Å². The first-order valence-corrected chi connectivity index (χ1v) is 6.38. The summed E-state index contributed by atoms with van der Waals surface area (Å²) in [5.74, 6) is -2.99. The number of benzene rings is 1. The van der Waals surface area contributed by atoms with Crippen LogP contribution in [0, 0.1) is 27.7 Å². The number of hydrogen-bond donors (Lipinski definition) is 1. The van der Waals surface area contributed by atoms with E-state index < -0.39 is 33.7 Å². The highest BCUT2D eigenvalue weighted by Crippen LogP contribution is 2.35. The summed E-state index contributed by atoms with van der Waals surface area (Å²) in [6, 6.07) is 0.968. The number of amides is 1. The predicted molar refractivity (Wildman–Crippen MR) is 67.3 cm³/mol. The highest BCUT2D eigenvalue weighted by Gasteiger charge is 2.38. The SMILES string of the molecule is CCCC1CC1NC(=O)c1cc(F)c(F)cc1[N+](=O)[O-]. The van der Waals surface area contributed by atoms with Crippen molar-refractivity contribution in [3.63, 3.8) is 0 Å². The zero-order chi connectivity index (χ0) is 14.9. The van der Waals surface area contributed by atoms with Gasteiger partial charge in [-0.25, -0.2) is 8.78 Å². The number of nitrogens with zero attached hydrogens (tertiary/aromatic N) is 1. The van der Waals surface area contributed by atoms with Crippen molar-refractivity contribution >= 4 is 11.6 Å². The number of carbonyl (C=O) groups is 1. The Morgan fingerprint density at radius 2 is 2.10 bits per heavy atom. The molecule has 2 unspecified atom stereocenters. The standard InChI is InChI=1S/C13H14F2N2O3/c1-2-3-7-4-11(7)16-13(18)8-5-9(14)10(15)6-12(8)17(19)20/h5-7,11H,2-4H2,1H3,(H,16,18). The van der Waals surface area contributed by atoms with Crippen LogP contribution >= 0.6 is 0 Å². The van der Waals surface area contributed by atoms with Crippen molar-refractivity contribution in [2.45, 2.75) is 32.2 Å². The summed E-state index contributed by atoms with van der Waals surface area (Å²) in [6.45, 7) is 2.03. The molecule has 20 heavy (non-hydrogen) atoms. The lowest BCUT2D eigenvalue weighted by Gasteiger charge is -2.06. The lowest BCUT2D eigenvalue weighted by atomic mass is 10.1. The minimum atomic E-state index is -1.34. The Labute approximate surface area is 114 Å². The fraction of sp³-hybridized carbons (Fsp3) is 0.462. The van der Waals surface area contributed by atoms with Crippen LogP contribution in [0.2, 0.25) is 0 Å². The molecule has 0 aliphatic heterocycles. The van der Waals surface area contributed by atoms with Gasteiger partial charge in [0.25, 0.3) is 11.6 Å². The van der Waals surface area contributed by atoms with Gasteiger partial charge in [-0.3, -0.25) is 14.9 Å². The van der Waals surface area contributed by atoms with Gasteiger partial charge in [0.1, 0.15) is 5.56 Å². The maximum absolute atomic E-state index is 13.2. The summed E-state index contributed by atoms with van der Waals surface area (Å²) in [5.41, 5.74) is -1.18. The molecule has 108 valence electrons. The van der Waals surface area contributed by atoms with Crippen LogP contribution in [0.1, 0.15) is 36.5 Å². The zero-order valence-electron chi connectivity index (χ0n) is 10.9. The van der Waals surface area contributed by atoms with Crippen molar-refractivity contribution in [3.8, 4) is 0 Å². The Hall–Kier alpha value is -2.05. The van der Waals surface area contributed by atoms with Gasteiger partial charge in [0.05, 0.1) is 11.0 Å². The lowest BCUT2D eigenvalue weighted by molar-refractivity contribution is -0.385. The topological polar surface area (TPSA) is 72.2 Å². The third-order valence-electron chi connectivity index (χ3n) is 3.38. The molecule has 1 N–H and O–H groups in total. The van der Waals surface area contributed by atoms with E-state index in [0.29, 0.717) is 18.1 Å². The minimum Gasteiger partial charge on any atom is -0.349 e. The third kappa shape index (κ3) is 2.92. The first-order valence-electron chi connectivity index (χ1n) is 6.38. The van der Waals surface area contributed by atoms with Crippen LogP contribution in [0.4, 0.5) is 14.5 Å². The van der Waals surface area contributed by atoms with Gasteiger partial charge >= 0.3 is 0 Å². The molecule has 1 aliphatic rings. The van der Waals surface area contributed by atoms with E-state index in [4.69, 9.17) is 0 Å². The number of hydrogen-bond acceptors (Lipinski definition) is 3. The van der Waals surface area contributed by atoms with Crippen molar-refractivity contribution in [1.82, 2.24) is 5.32 Å². The average molecular weight is 284 g/mol. The summed E-state index contributed by atoms with van der Waals surface area (Å²) in [7, 11) is 0. The first kappa shape index (κ1) is 14.4. The summed E-state index contributed by atoms with van der Waals surface area (Å²) >= 11 is 0. The highest BCUT2D eigenvalue weighted by molar-refractivity contribution is 5.98. The number of carbonyl (C=O) groups excluding carboxylic acids is 1. The maximum Gasteiger partial charge on any atom is 0.285 e. The number of halogens is 2. The zero-order valence-corrected chi connectivity index (χ0v) is 10.9. The molecule has 0 bridgehead atoms. The van der Waals surface area contributed by atoms with Gasteiger partial charge in [-0.05, 0) is 24.8 Å². The van der Waals surface area contributed by atoms with Gasteiger partial charge in [0, 0.05) is 6.04 Å². The Morgan fingerprint density at radius 1 is 1.45 bits per heavy atom. The van der Waals surface area contributed by atoms with Crippen LogP contribution in [-0.2, 0) is 0 Å². The van der Waals surface area contributed by atoms with E-state index in [0.717, 1.165) is 19.3 Å². The van der Waals surface area contributed by atoms with Gasteiger partial charge in [-0.15, -0.1) is 0 Å². The molecule has 1 amide bonds. The molecule has 1 saturated carbocycles. The largest absolute Gasteiger partial charge is 0.349 e. The van der Waals surface area contributed by atoms with Crippen LogP contribution in [0.15, 0.2) is 12.1 Å². The van der Waals surface area contributed by atoms with Crippen LogP contribution < -0.4 is 5.32 Å². The molecule has 0 radical (unpaired) electrons. The molecule has 0 aromatic heterocycles. The third-order valence-corrected chi connectivity index (χ3v) is 3.38. The molecule has 1 aliphatic carbocycles. The van der Waals surface area contributed by atoms with Crippen molar-refractivity contribution in [1.29, 1.82) is 0 Å². The Balaban J connectivity index is 2.17. The molecule has 0 saturated heterocycles. The van der Waals surface area contributed by atoms with Crippen LogP contribution in [-0.4, -0.2) is 16.9 Å². The van der Waals surface area contributed by atoms with E-state index in [1.165, 1.54) is 0 Å². The van der Waals surface area contributed by atoms with E-state index in [1.807, 2.05) is 6.92 Å². The first-order chi connectivity index (χ1) is 9.43. The normalized spacial score (nSPS) is 20.6. The molecule has 0 heterocycles. The summed E-state index contributed by atoms with van der Waals surface area (Å²) in [5, 5.41) is 13.4. The van der Waals surface area contributed by atoms with Gasteiger partial charge in [0.15, 0.2) is 11.6 Å². The maximum atomic E-state index is 13.2. The van der Waals surface area contributed by atoms with Crippen LogP contribution in [0.5, 0.6) is 0 Å². The molecule has 2 rings (SSSR count). The number of nitrogens with one attached hydrogen (secondary N) is 1. The number of nitro benzene ring substituents is 1. The Morgan fingerprint density at radius 3 is 2.70 bits per heavy atom. The van der Waals surface area contributed by atoms with E-state index in [1.54, 1.807) is 0 Å². The smallest absolute Gasteiger partial charge is 0.285 e. The van der Waals surface area contributed by atoms with Gasteiger partial charge in [-0.2, -0.15) is 0 Å². The fourth-order valence-corrected chi connectivity index (χ4v) is 2.23. The van der Waals surface area contributed by atoms with E-state index in [9.17, 15) is 23.7 Å². The number of rotatable bonds is 5. The van der Waals surface area contributed by atoms with Crippen molar-refractivity contribution in [2.24, 2.45) is 5.92 Å². The Bertz CT molecular complexity index is 563. The summed E-state index contributed by atoms with van der Waals surface area (Å²) in [6.07, 6.45) is 2.77. The second kappa shape index (κ2) is 5.52. The van der Waals surface area contributed by atoms with Crippen molar-refractivity contribution in [3.05, 3.63) is 39.4 Å². The van der Waals surface area contributed by atoms with Gasteiger partial charge in [-0.1, -0.05) is 13.3 Å². The van der Waals surface area contributed by atoms with E-state index in [-0.39, 0.29) is 6.04 Å². The molecular formula is C13H14F2N2O3. The molecule has 1 aromatic carbocycles. The second-order valence-corrected chi connectivity index (χ2v) is 4.90. The predicted octanol–water partition coefficient (Wildman–Crippen LogP) is 2.79. The monoisotopic (exact) mass is 284 g/mol. The van der Waals surface area contributed by atoms with Crippen molar-refractivity contribution in [2.75, 3.05) is 0 Å². The van der Waals surface area contributed by atoms with Crippen LogP contribution in [0.3, 0.4) is 0 Å².